The Labute approximate surface area is 98.1 Å². The van der Waals surface area contributed by atoms with E-state index in [4.69, 9.17) is 9.47 Å². The SMILES string of the molecule is CCCCC[CH](OC(C)OC)[Ge]([CH3])([CH3])[CH3]. The Kier molecular flexibility index (Phi) is 7.93. The van der Waals surface area contributed by atoms with Crippen molar-refractivity contribution in [2.75, 3.05) is 7.11 Å². The van der Waals surface area contributed by atoms with Crippen LogP contribution in [0.1, 0.15) is 39.5 Å². The second-order valence-electron chi connectivity index (χ2n) is 5.29. The number of unbranched alkanes of at least 4 members (excludes halogenated alkanes) is 2. The summed E-state index contributed by atoms with van der Waals surface area (Å²) in [7, 11) is 1.71. The van der Waals surface area contributed by atoms with Gasteiger partial charge < -0.3 is 0 Å². The minimum atomic E-state index is -1.71. The number of hydrogen-bond donors (Lipinski definition) is 0. The first kappa shape index (κ1) is 15.5. The van der Waals surface area contributed by atoms with Crippen LogP contribution in [-0.2, 0) is 9.47 Å². The third-order valence-electron chi connectivity index (χ3n) is 2.72. The summed E-state index contributed by atoms with van der Waals surface area (Å²) in [6, 6.07) is 0. The van der Waals surface area contributed by atoms with Crippen LogP contribution < -0.4 is 0 Å². The summed E-state index contributed by atoms with van der Waals surface area (Å²) >= 11 is -1.71. The molecule has 0 aromatic carbocycles. The van der Waals surface area contributed by atoms with Crippen molar-refractivity contribution in [3.63, 3.8) is 0 Å². The molecule has 0 rings (SSSR count). The van der Waals surface area contributed by atoms with Gasteiger partial charge in [-0.1, -0.05) is 0 Å². The molecule has 0 radical (unpaired) electrons. The molecule has 2 unspecified atom stereocenters. The molecule has 0 saturated heterocycles. The fourth-order valence-electron chi connectivity index (χ4n) is 1.57. The molecule has 0 aliphatic rings. The fourth-order valence-corrected chi connectivity index (χ4v) is 5.08. The number of methoxy groups -OCH3 is 1. The third-order valence-corrected chi connectivity index (χ3v) is 7.67. The van der Waals surface area contributed by atoms with Gasteiger partial charge >= 0.3 is 97.9 Å². The summed E-state index contributed by atoms with van der Waals surface area (Å²) in [6.45, 7) is 4.23. The van der Waals surface area contributed by atoms with Crippen molar-refractivity contribution in [1.29, 1.82) is 0 Å². The van der Waals surface area contributed by atoms with Gasteiger partial charge in [0, 0.05) is 0 Å². The molecule has 0 aromatic rings. The van der Waals surface area contributed by atoms with Crippen molar-refractivity contribution in [2.45, 2.75) is 68.0 Å². The molecule has 0 aromatic heterocycles. The molecule has 0 aliphatic carbocycles. The molecule has 0 saturated carbocycles. The van der Waals surface area contributed by atoms with E-state index >= 15 is 0 Å². The molecule has 2 nitrogen and oxygen atoms in total. The van der Waals surface area contributed by atoms with E-state index in [2.05, 4.69) is 24.2 Å². The zero-order valence-electron chi connectivity index (χ0n) is 11.3. The predicted octanol–water partition coefficient (Wildman–Crippen LogP) is 3.82. The molecule has 15 heavy (non-hydrogen) atoms. The quantitative estimate of drug-likeness (QED) is 0.381. The van der Waals surface area contributed by atoms with E-state index in [-0.39, 0.29) is 6.29 Å². The van der Waals surface area contributed by atoms with Crippen molar-refractivity contribution in [1.82, 2.24) is 0 Å². The molecule has 0 amide bonds. The summed E-state index contributed by atoms with van der Waals surface area (Å²) in [5.74, 6) is 7.25. The second-order valence-corrected chi connectivity index (χ2v) is 16.6. The molecule has 0 N–H and O–H groups in total. The zero-order valence-corrected chi connectivity index (χ0v) is 13.4. The Morgan fingerprint density at radius 3 is 2.13 bits per heavy atom. The van der Waals surface area contributed by atoms with Crippen LogP contribution in [0.4, 0.5) is 0 Å². The molecule has 3 heteroatoms. The van der Waals surface area contributed by atoms with Gasteiger partial charge in [0.25, 0.3) is 0 Å². The Balaban J connectivity index is 4.08. The van der Waals surface area contributed by atoms with Gasteiger partial charge in [-0.05, 0) is 0 Å². The Morgan fingerprint density at radius 1 is 1.13 bits per heavy atom. The molecular formula is C12H28GeO2. The van der Waals surface area contributed by atoms with Crippen molar-refractivity contribution in [2.24, 2.45) is 0 Å². The summed E-state index contributed by atoms with van der Waals surface area (Å²) in [5.41, 5.74) is 0. The second kappa shape index (κ2) is 7.69. The normalized spacial score (nSPS) is 16.4. The van der Waals surface area contributed by atoms with Crippen LogP contribution in [-0.4, -0.2) is 31.6 Å². The maximum atomic E-state index is 5.97. The maximum absolute atomic E-state index is 5.97. The van der Waals surface area contributed by atoms with Crippen LogP contribution in [0, 0.1) is 0 Å². The van der Waals surface area contributed by atoms with Crippen molar-refractivity contribution >= 4 is 13.3 Å². The van der Waals surface area contributed by atoms with Crippen molar-refractivity contribution in [3.8, 4) is 0 Å². The van der Waals surface area contributed by atoms with E-state index in [9.17, 15) is 0 Å². The third kappa shape index (κ3) is 7.37. The van der Waals surface area contributed by atoms with Gasteiger partial charge in [0.05, 0.1) is 0 Å². The van der Waals surface area contributed by atoms with E-state index in [0.29, 0.717) is 4.94 Å². The first-order chi connectivity index (χ1) is 6.91. The van der Waals surface area contributed by atoms with Gasteiger partial charge in [-0.15, -0.1) is 0 Å². The molecule has 0 fully saturated rings. The average molecular weight is 277 g/mol. The molecule has 92 valence electrons. The van der Waals surface area contributed by atoms with E-state index in [1.807, 2.05) is 6.92 Å². The van der Waals surface area contributed by atoms with Crippen molar-refractivity contribution in [3.05, 3.63) is 0 Å². The summed E-state index contributed by atoms with van der Waals surface area (Å²) in [4.78, 5) is 0.478. The van der Waals surface area contributed by atoms with Gasteiger partial charge in [0.1, 0.15) is 0 Å². The standard InChI is InChI=1S/C12H28GeO2/c1-7-8-9-10-12(13(3,4)5)15-11(2)14-6/h11-12H,7-10H2,1-6H3. The average Bonchev–Trinajstić information content (AvgIpc) is 2.14. The van der Waals surface area contributed by atoms with Gasteiger partial charge in [-0.3, -0.25) is 0 Å². The Hall–Kier alpha value is 0.463. The molecule has 0 aliphatic heterocycles. The van der Waals surface area contributed by atoms with Crippen LogP contribution in [0.25, 0.3) is 0 Å². The Bertz CT molecular complexity index is 154. The van der Waals surface area contributed by atoms with Gasteiger partial charge in [0.15, 0.2) is 0 Å². The van der Waals surface area contributed by atoms with Crippen LogP contribution in [0.2, 0.25) is 17.3 Å². The van der Waals surface area contributed by atoms with E-state index in [1.165, 1.54) is 25.7 Å². The first-order valence-corrected chi connectivity index (χ1v) is 13.6. The molecule has 0 heterocycles. The Morgan fingerprint density at radius 2 is 1.73 bits per heavy atom. The van der Waals surface area contributed by atoms with E-state index < -0.39 is 13.3 Å². The number of ether oxygens (including phenoxy) is 2. The van der Waals surface area contributed by atoms with Gasteiger partial charge in [0.2, 0.25) is 0 Å². The van der Waals surface area contributed by atoms with Gasteiger partial charge in [-0.2, -0.15) is 0 Å². The van der Waals surface area contributed by atoms with Crippen LogP contribution in [0.5, 0.6) is 0 Å². The van der Waals surface area contributed by atoms with E-state index in [1.54, 1.807) is 7.11 Å². The summed E-state index contributed by atoms with van der Waals surface area (Å²) in [6.07, 6.45) is 5.05. The van der Waals surface area contributed by atoms with Crippen LogP contribution in [0.3, 0.4) is 0 Å². The molecular weight excluding hydrogens is 249 g/mol. The van der Waals surface area contributed by atoms with Crippen LogP contribution >= 0.6 is 0 Å². The topological polar surface area (TPSA) is 18.5 Å². The van der Waals surface area contributed by atoms with Gasteiger partial charge in [-0.25, -0.2) is 0 Å². The summed E-state index contributed by atoms with van der Waals surface area (Å²) in [5, 5.41) is 0. The van der Waals surface area contributed by atoms with E-state index in [0.717, 1.165) is 0 Å². The first-order valence-electron chi connectivity index (χ1n) is 6.10. The van der Waals surface area contributed by atoms with Crippen molar-refractivity contribution < 1.29 is 9.47 Å². The van der Waals surface area contributed by atoms with Crippen LogP contribution in [0.15, 0.2) is 0 Å². The molecule has 0 bridgehead atoms. The monoisotopic (exact) mass is 278 g/mol. The number of rotatable bonds is 8. The molecule has 0 spiro atoms. The predicted molar refractivity (Wildman–Crippen MR) is 68.8 cm³/mol. The molecule has 2 atom stereocenters. The fraction of sp³-hybridized carbons (Fsp3) is 1.00. The summed E-state index contributed by atoms with van der Waals surface area (Å²) < 4.78 is 11.2. The number of hydrogen-bond acceptors (Lipinski definition) is 2. The minimum absolute atomic E-state index is 0.0542. The zero-order chi connectivity index (χ0) is 11.9.